The van der Waals surface area contributed by atoms with Gasteiger partial charge >= 0.3 is 0 Å². The van der Waals surface area contributed by atoms with Gasteiger partial charge in [0.1, 0.15) is 11.7 Å². The van der Waals surface area contributed by atoms with Crippen LogP contribution in [0.1, 0.15) is 35.3 Å². The van der Waals surface area contributed by atoms with Crippen molar-refractivity contribution in [3.63, 3.8) is 0 Å². The average molecular weight is 415 g/mol. The zero-order valence-corrected chi connectivity index (χ0v) is 17.5. The molecule has 0 saturated heterocycles. The summed E-state index contributed by atoms with van der Waals surface area (Å²) in [6, 6.07) is 3.61. The first-order valence-corrected chi connectivity index (χ1v) is 10.8. The Morgan fingerprint density at radius 1 is 1.29 bits per heavy atom. The molecule has 3 aliphatic heterocycles. The number of nitrogens with zero attached hydrogens (tertiary/aromatic N) is 4. The normalized spacial score (nSPS) is 23.4. The second kappa shape index (κ2) is 8.15. The molecule has 1 N–H and O–H groups in total. The Morgan fingerprint density at radius 3 is 2.84 bits per heavy atom. The van der Waals surface area contributed by atoms with Gasteiger partial charge in [0.2, 0.25) is 0 Å². The minimum Gasteiger partial charge on any atom is -0.354 e. The molecule has 0 aromatic carbocycles. The topological polar surface area (TPSA) is 87.0 Å². The van der Waals surface area contributed by atoms with Gasteiger partial charge < -0.3 is 5.32 Å². The fraction of sp³-hybridized carbons (Fsp3) is 0.375. The Balaban J connectivity index is 1.21. The van der Waals surface area contributed by atoms with Crippen molar-refractivity contribution < 1.29 is 9.59 Å². The van der Waals surface area contributed by atoms with Crippen LogP contribution < -0.4 is 5.32 Å². The summed E-state index contributed by atoms with van der Waals surface area (Å²) in [5.41, 5.74) is 5.44. The lowest BCUT2D eigenvalue weighted by atomic mass is 9.96. The van der Waals surface area contributed by atoms with Crippen LogP contribution >= 0.6 is 0 Å². The van der Waals surface area contributed by atoms with Crippen molar-refractivity contribution >= 4 is 29.3 Å². The highest BCUT2D eigenvalue weighted by atomic mass is 16.2. The van der Waals surface area contributed by atoms with E-state index in [1.165, 1.54) is 5.57 Å². The summed E-state index contributed by atoms with van der Waals surface area (Å²) in [6.07, 6.45) is 13.1. The zero-order chi connectivity index (χ0) is 21.4. The quantitative estimate of drug-likeness (QED) is 0.799. The number of aromatic nitrogens is 1. The second-order valence-electron chi connectivity index (χ2n) is 8.41. The predicted molar refractivity (Wildman–Crippen MR) is 120 cm³/mol. The van der Waals surface area contributed by atoms with Crippen LogP contribution in [0, 0.1) is 5.92 Å². The van der Waals surface area contributed by atoms with E-state index in [1.54, 1.807) is 19.3 Å². The monoisotopic (exact) mass is 415 g/mol. The minimum atomic E-state index is -0.177. The number of carbonyl (C=O) groups excluding carboxylic acids is 2. The predicted octanol–water partition coefficient (Wildman–Crippen LogP) is 2.23. The Hall–Kier alpha value is -3.19. The zero-order valence-electron chi connectivity index (χ0n) is 17.5. The largest absolute Gasteiger partial charge is 0.354 e. The highest BCUT2D eigenvalue weighted by Gasteiger charge is 2.34. The van der Waals surface area contributed by atoms with Crippen LogP contribution in [-0.2, 0) is 4.79 Å². The number of fused-ring (bicyclic) bond motifs is 1. The first-order valence-electron chi connectivity index (χ1n) is 10.8. The van der Waals surface area contributed by atoms with Crippen molar-refractivity contribution in [1.82, 2.24) is 15.2 Å². The molecule has 2 amide bonds. The van der Waals surface area contributed by atoms with Crippen molar-refractivity contribution in [2.45, 2.75) is 25.3 Å². The maximum atomic E-state index is 12.3. The molecule has 7 heteroatoms. The Bertz CT molecular complexity index is 1070. The molecule has 1 aromatic rings. The Labute approximate surface area is 181 Å². The number of carbonyl (C=O) groups is 2. The van der Waals surface area contributed by atoms with Crippen LogP contribution in [0.2, 0.25) is 0 Å². The molecular weight excluding hydrogens is 390 g/mol. The van der Waals surface area contributed by atoms with Crippen LogP contribution in [0.4, 0.5) is 0 Å². The van der Waals surface area contributed by atoms with E-state index < -0.39 is 0 Å². The molecule has 5 rings (SSSR count). The van der Waals surface area contributed by atoms with Gasteiger partial charge in [-0.1, -0.05) is 12.1 Å². The van der Waals surface area contributed by atoms with Crippen molar-refractivity contribution in [3.05, 3.63) is 59.0 Å². The highest BCUT2D eigenvalue weighted by molar-refractivity contribution is 6.17. The summed E-state index contributed by atoms with van der Waals surface area (Å²) in [4.78, 5) is 39.5. The molecule has 1 fully saturated rings. The number of rotatable bonds is 5. The summed E-state index contributed by atoms with van der Waals surface area (Å²) < 4.78 is 0. The van der Waals surface area contributed by atoms with E-state index >= 15 is 0 Å². The number of dihydropyridines is 2. The van der Waals surface area contributed by atoms with Crippen LogP contribution in [0.3, 0.4) is 0 Å². The number of pyridine rings is 1. The molecule has 1 atom stereocenters. The third-order valence-electron chi connectivity index (χ3n) is 6.16. The van der Waals surface area contributed by atoms with E-state index in [-0.39, 0.29) is 17.9 Å². The van der Waals surface area contributed by atoms with E-state index in [0.717, 1.165) is 61.3 Å². The first-order chi connectivity index (χ1) is 15.1. The van der Waals surface area contributed by atoms with Gasteiger partial charge in [-0.25, -0.2) is 4.99 Å². The number of hydrogen-bond donors (Lipinski definition) is 1. The molecule has 4 heterocycles. The summed E-state index contributed by atoms with van der Waals surface area (Å²) in [7, 11) is 1.60. The van der Waals surface area contributed by atoms with Gasteiger partial charge in [0, 0.05) is 44.7 Å². The standard InChI is InChI=1S/C24H25N5O2/c1-25-24(31)20-5-4-18(13-27-20)16-6-8-29(9-7-16)14-15-10-22-21(26-12-15)11-19(17-2-3-17)23(30)28-22/h4-6,10-13,17,21H,2-3,7-9,14H2,1H3,(H,25,31). The summed E-state index contributed by atoms with van der Waals surface area (Å²) in [6.45, 7) is 2.54. The van der Waals surface area contributed by atoms with Gasteiger partial charge in [-0.3, -0.25) is 24.5 Å². The van der Waals surface area contributed by atoms with Crippen molar-refractivity contribution in [1.29, 1.82) is 0 Å². The molecule has 7 nitrogen and oxygen atoms in total. The Kier molecular flexibility index (Phi) is 5.19. The molecule has 1 unspecified atom stereocenters. The van der Waals surface area contributed by atoms with Crippen LogP contribution in [-0.4, -0.2) is 66.3 Å². The maximum Gasteiger partial charge on any atom is 0.273 e. The van der Waals surface area contributed by atoms with Gasteiger partial charge in [-0.15, -0.1) is 0 Å². The average Bonchev–Trinajstić information content (AvgIpc) is 3.64. The van der Waals surface area contributed by atoms with Gasteiger partial charge in [0.25, 0.3) is 11.8 Å². The molecule has 0 bridgehead atoms. The maximum absolute atomic E-state index is 12.3. The molecule has 4 aliphatic rings. The lowest BCUT2D eigenvalue weighted by molar-refractivity contribution is -0.114. The number of amides is 2. The van der Waals surface area contributed by atoms with E-state index in [4.69, 9.17) is 0 Å². The number of aliphatic imine (C=N–C) groups is 2. The highest BCUT2D eigenvalue weighted by Crippen LogP contribution is 2.39. The van der Waals surface area contributed by atoms with Crippen LogP contribution in [0.15, 0.2) is 57.7 Å². The SMILES string of the molecule is CNC(=O)c1ccc(C2=CCN(CC3=CC4=NC(=O)C(C5CC5)=CC4N=C3)CC2)cn1. The second-order valence-corrected chi connectivity index (χ2v) is 8.41. The lowest BCUT2D eigenvalue weighted by Gasteiger charge is -2.28. The van der Waals surface area contributed by atoms with Crippen molar-refractivity contribution in [3.8, 4) is 0 Å². The van der Waals surface area contributed by atoms with Gasteiger partial charge in [0.05, 0.1) is 5.71 Å². The van der Waals surface area contributed by atoms with Crippen molar-refractivity contribution in [2.75, 3.05) is 26.7 Å². The number of hydrogen-bond acceptors (Lipinski definition) is 5. The van der Waals surface area contributed by atoms with Gasteiger partial charge in [0.15, 0.2) is 0 Å². The smallest absolute Gasteiger partial charge is 0.273 e. The summed E-state index contributed by atoms with van der Waals surface area (Å²) in [5.74, 6) is 0.148. The summed E-state index contributed by atoms with van der Waals surface area (Å²) in [5, 5.41) is 2.59. The third-order valence-corrected chi connectivity index (χ3v) is 6.16. The molecule has 1 aliphatic carbocycles. The third kappa shape index (κ3) is 4.18. The first kappa shape index (κ1) is 19.8. The van der Waals surface area contributed by atoms with E-state index in [9.17, 15) is 9.59 Å². The molecule has 31 heavy (non-hydrogen) atoms. The molecule has 158 valence electrons. The van der Waals surface area contributed by atoms with Gasteiger partial charge in [-0.05, 0) is 60.1 Å². The molecule has 0 radical (unpaired) electrons. The van der Waals surface area contributed by atoms with E-state index in [2.05, 4.69) is 31.3 Å². The van der Waals surface area contributed by atoms with E-state index in [1.807, 2.05) is 24.4 Å². The molecule has 1 saturated carbocycles. The lowest BCUT2D eigenvalue weighted by Crippen LogP contribution is -2.33. The van der Waals surface area contributed by atoms with Crippen LogP contribution in [0.25, 0.3) is 5.57 Å². The fourth-order valence-electron chi connectivity index (χ4n) is 4.23. The van der Waals surface area contributed by atoms with Crippen molar-refractivity contribution in [2.24, 2.45) is 15.9 Å². The van der Waals surface area contributed by atoms with E-state index in [0.29, 0.717) is 11.6 Å². The molecule has 1 aromatic heterocycles. The van der Waals surface area contributed by atoms with Gasteiger partial charge in [-0.2, -0.15) is 0 Å². The molecular formula is C24H25N5O2. The molecule has 0 spiro atoms. The summed E-state index contributed by atoms with van der Waals surface area (Å²) >= 11 is 0. The fourth-order valence-corrected chi connectivity index (χ4v) is 4.23. The van der Waals surface area contributed by atoms with Crippen LogP contribution in [0.5, 0.6) is 0 Å². The number of nitrogens with one attached hydrogen (secondary N) is 1. The minimum absolute atomic E-state index is 0.0805. The Morgan fingerprint density at radius 2 is 2.16 bits per heavy atom.